The van der Waals surface area contributed by atoms with E-state index < -0.39 is 11.5 Å². The number of isocyanates is 1. The van der Waals surface area contributed by atoms with Crippen LogP contribution in [-0.2, 0) is 14.3 Å². The van der Waals surface area contributed by atoms with Crippen molar-refractivity contribution in [2.24, 2.45) is 4.99 Å². The number of methoxy groups -OCH3 is 1. The van der Waals surface area contributed by atoms with E-state index in [9.17, 15) is 9.59 Å². The van der Waals surface area contributed by atoms with Gasteiger partial charge in [-0.3, -0.25) is 0 Å². The average Bonchev–Trinajstić information content (AvgIpc) is 2.24. The molecule has 17 heavy (non-hydrogen) atoms. The van der Waals surface area contributed by atoms with Crippen molar-refractivity contribution < 1.29 is 14.3 Å². The highest BCUT2D eigenvalue weighted by atomic mass is 32.2. The smallest absolute Gasteiger partial charge is 0.335 e. The Kier molecular flexibility index (Phi) is 6.50. The van der Waals surface area contributed by atoms with E-state index in [0.29, 0.717) is 12.2 Å². The van der Waals surface area contributed by atoms with Crippen molar-refractivity contribution in [1.29, 1.82) is 0 Å². The summed E-state index contributed by atoms with van der Waals surface area (Å²) < 4.78 is 4.77. The first-order chi connectivity index (χ1) is 7.81. The summed E-state index contributed by atoms with van der Waals surface area (Å²) in [7, 11) is 1.31. The van der Waals surface area contributed by atoms with Gasteiger partial charge in [-0.2, -0.15) is 16.8 Å². The first-order valence-corrected chi connectivity index (χ1v) is 6.61. The molecule has 0 heterocycles. The Hall–Kier alpha value is -0.800. The van der Waals surface area contributed by atoms with E-state index in [4.69, 9.17) is 4.74 Å². The van der Waals surface area contributed by atoms with Crippen LogP contribution in [0.25, 0.3) is 0 Å². The highest BCUT2D eigenvalue weighted by Gasteiger charge is 2.40. The lowest BCUT2D eigenvalue weighted by Gasteiger charge is -2.28. The lowest BCUT2D eigenvalue weighted by molar-refractivity contribution is -0.146. The Labute approximate surface area is 107 Å². The van der Waals surface area contributed by atoms with Crippen LogP contribution >= 0.6 is 11.8 Å². The average molecular weight is 259 g/mol. The number of hydrogen-bond acceptors (Lipinski definition) is 5. The van der Waals surface area contributed by atoms with E-state index >= 15 is 0 Å². The number of ether oxygens (including phenoxy) is 1. The molecule has 0 spiro atoms. The van der Waals surface area contributed by atoms with Gasteiger partial charge in [0.15, 0.2) is 5.54 Å². The second-order valence-corrected chi connectivity index (χ2v) is 6.68. The predicted octanol–water partition coefficient (Wildman–Crippen LogP) is 2.57. The molecule has 0 aromatic heterocycles. The van der Waals surface area contributed by atoms with Crippen LogP contribution in [0.15, 0.2) is 4.99 Å². The van der Waals surface area contributed by atoms with Crippen molar-refractivity contribution in [2.45, 2.75) is 50.8 Å². The summed E-state index contributed by atoms with van der Waals surface area (Å²) in [6.45, 7) is 8.10. The first-order valence-electron chi connectivity index (χ1n) is 5.62. The summed E-state index contributed by atoms with van der Waals surface area (Å²) in [5.41, 5.74) is -1.08. The van der Waals surface area contributed by atoms with Gasteiger partial charge in [-0.15, -0.1) is 0 Å². The second-order valence-electron chi connectivity index (χ2n) is 4.88. The fourth-order valence-electron chi connectivity index (χ4n) is 1.39. The summed E-state index contributed by atoms with van der Waals surface area (Å²) in [6, 6.07) is 0. The maximum atomic E-state index is 11.8. The lowest BCUT2D eigenvalue weighted by atomic mass is 9.97. The van der Waals surface area contributed by atoms with Crippen molar-refractivity contribution in [3.05, 3.63) is 0 Å². The molecule has 5 heteroatoms. The molecule has 4 nitrogen and oxygen atoms in total. The normalized spacial score (nSPS) is 14.6. The summed E-state index contributed by atoms with van der Waals surface area (Å²) >= 11 is 1.59. The minimum Gasteiger partial charge on any atom is -0.467 e. The van der Waals surface area contributed by atoms with Gasteiger partial charge in [0.2, 0.25) is 6.08 Å². The molecule has 0 aromatic carbocycles. The van der Waals surface area contributed by atoms with E-state index in [2.05, 4.69) is 25.8 Å². The molecule has 0 rings (SSSR count). The molecule has 1 unspecified atom stereocenters. The zero-order valence-corrected chi connectivity index (χ0v) is 12.0. The minimum absolute atomic E-state index is 0.00537. The van der Waals surface area contributed by atoms with Gasteiger partial charge < -0.3 is 4.74 Å². The number of carbonyl (C=O) groups is 1. The van der Waals surface area contributed by atoms with E-state index in [1.807, 2.05) is 6.92 Å². The van der Waals surface area contributed by atoms with E-state index in [-0.39, 0.29) is 4.75 Å². The molecule has 0 aromatic rings. The van der Waals surface area contributed by atoms with Crippen LogP contribution in [0.3, 0.4) is 0 Å². The summed E-state index contributed by atoms with van der Waals surface area (Å²) in [6.07, 6.45) is 2.76. The number of carbonyl (C=O) groups excluding carboxylic acids is 2. The molecule has 0 amide bonds. The molecular formula is C12H21NO3S. The third-order valence-corrected chi connectivity index (χ3v) is 3.72. The Balaban J connectivity index is 5.03. The van der Waals surface area contributed by atoms with Crippen LogP contribution in [-0.4, -0.2) is 35.2 Å². The lowest BCUT2D eigenvalue weighted by Crippen LogP contribution is -2.41. The molecule has 0 saturated carbocycles. The Morgan fingerprint density at radius 3 is 2.35 bits per heavy atom. The van der Waals surface area contributed by atoms with Gasteiger partial charge in [-0.25, -0.2) is 9.59 Å². The van der Waals surface area contributed by atoms with Crippen molar-refractivity contribution in [3.63, 3.8) is 0 Å². The third kappa shape index (κ3) is 5.37. The Bertz CT molecular complexity index is 305. The van der Waals surface area contributed by atoms with Gasteiger partial charge in [-0.05, 0) is 6.42 Å². The molecular weight excluding hydrogens is 238 g/mol. The Morgan fingerprint density at radius 2 is 2.00 bits per heavy atom. The largest absolute Gasteiger partial charge is 0.467 e. The predicted molar refractivity (Wildman–Crippen MR) is 70.0 cm³/mol. The summed E-state index contributed by atoms with van der Waals surface area (Å²) in [4.78, 5) is 26.1. The highest BCUT2D eigenvalue weighted by molar-refractivity contribution is 8.00. The zero-order chi connectivity index (χ0) is 13.5. The second kappa shape index (κ2) is 6.82. The van der Waals surface area contributed by atoms with Gasteiger partial charge in [0.25, 0.3) is 0 Å². The van der Waals surface area contributed by atoms with Crippen molar-refractivity contribution in [1.82, 2.24) is 0 Å². The maximum Gasteiger partial charge on any atom is 0.335 e. The minimum atomic E-state index is -1.08. The fraction of sp³-hybridized carbons (Fsp3) is 0.833. The molecule has 0 N–H and O–H groups in total. The number of aliphatic imine (C=N–C) groups is 1. The van der Waals surface area contributed by atoms with Crippen LogP contribution in [0.5, 0.6) is 0 Å². The quantitative estimate of drug-likeness (QED) is 0.418. The maximum absolute atomic E-state index is 11.8. The number of rotatable bonds is 6. The van der Waals surface area contributed by atoms with Gasteiger partial charge in [0.1, 0.15) is 0 Å². The molecule has 0 fully saturated rings. The van der Waals surface area contributed by atoms with Crippen LogP contribution in [0.2, 0.25) is 0 Å². The third-order valence-electron chi connectivity index (χ3n) is 2.23. The molecule has 1 atom stereocenters. The van der Waals surface area contributed by atoms with Crippen LogP contribution in [0.1, 0.15) is 40.5 Å². The van der Waals surface area contributed by atoms with Crippen LogP contribution in [0.4, 0.5) is 0 Å². The molecule has 0 aliphatic heterocycles. The van der Waals surface area contributed by atoms with Gasteiger partial charge >= 0.3 is 5.97 Å². The molecule has 98 valence electrons. The van der Waals surface area contributed by atoms with Gasteiger partial charge in [0.05, 0.1) is 7.11 Å². The molecule has 0 aliphatic carbocycles. The number of nitrogens with zero attached hydrogens (tertiary/aromatic N) is 1. The number of hydrogen-bond donors (Lipinski definition) is 0. The topological polar surface area (TPSA) is 55.7 Å². The standard InChI is InChI=1S/C12H21NO3S/c1-6-7-12(13-9-14,10(15)16-5)8-17-11(2,3)4/h6-8H2,1-5H3. The number of esters is 1. The van der Waals surface area contributed by atoms with Crippen LogP contribution in [0, 0.1) is 0 Å². The van der Waals surface area contributed by atoms with Crippen molar-refractivity contribution in [3.8, 4) is 0 Å². The zero-order valence-electron chi connectivity index (χ0n) is 11.2. The number of thioether (sulfide) groups is 1. The summed E-state index contributed by atoms with van der Waals surface area (Å²) in [5, 5.41) is 0. The Morgan fingerprint density at radius 1 is 1.41 bits per heavy atom. The van der Waals surface area contributed by atoms with Crippen LogP contribution < -0.4 is 0 Å². The molecule has 0 aliphatic rings. The molecule has 0 saturated heterocycles. The SMILES string of the molecule is CCCC(CSC(C)(C)C)(N=C=O)C(=O)OC. The highest BCUT2D eigenvalue weighted by Crippen LogP contribution is 2.32. The fourth-order valence-corrected chi connectivity index (χ4v) is 2.39. The van der Waals surface area contributed by atoms with E-state index in [0.717, 1.165) is 6.42 Å². The van der Waals surface area contributed by atoms with Gasteiger partial charge in [-0.1, -0.05) is 34.1 Å². The van der Waals surface area contributed by atoms with Crippen molar-refractivity contribution in [2.75, 3.05) is 12.9 Å². The molecule has 0 bridgehead atoms. The van der Waals surface area contributed by atoms with Gasteiger partial charge in [0, 0.05) is 10.5 Å². The van der Waals surface area contributed by atoms with E-state index in [1.165, 1.54) is 13.2 Å². The summed E-state index contributed by atoms with van der Waals surface area (Å²) in [5.74, 6) is -0.0221. The van der Waals surface area contributed by atoms with E-state index in [1.54, 1.807) is 11.8 Å². The van der Waals surface area contributed by atoms with Crippen molar-refractivity contribution >= 4 is 23.8 Å². The first kappa shape index (κ1) is 16.2. The monoisotopic (exact) mass is 259 g/mol. The molecule has 0 radical (unpaired) electrons.